The number of hydrogen-bond donors (Lipinski definition) is 0. The van der Waals surface area contributed by atoms with Crippen molar-refractivity contribution in [3.63, 3.8) is 0 Å². The summed E-state index contributed by atoms with van der Waals surface area (Å²) in [5.74, 6) is -0.0964. The Labute approximate surface area is 113 Å². The molecule has 0 aliphatic rings. The molecule has 0 N–H and O–H groups in total. The SMILES string of the molecule is [CH2]CCC(=O)OCCCCCCCCCCCC. The van der Waals surface area contributed by atoms with Crippen molar-refractivity contribution in [2.24, 2.45) is 0 Å². The highest BCUT2D eigenvalue weighted by atomic mass is 16.5. The van der Waals surface area contributed by atoms with Crippen LogP contribution in [0, 0.1) is 6.92 Å². The molecule has 0 aliphatic heterocycles. The molecule has 0 atom stereocenters. The number of carbonyl (C=O) groups excluding carboxylic acids is 1. The van der Waals surface area contributed by atoms with E-state index in [4.69, 9.17) is 4.74 Å². The van der Waals surface area contributed by atoms with E-state index in [0.29, 0.717) is 19.4 Å². The van der Waals surface area contributed by atoms with Gasteiger partial charge >= 0.3 is 5.97 Å². The average molecular weight is 255 g/mol. The smallest absolute Gasteiger partial charge is 0.305 e. The Morgan fingerprint density at radius 3 is 1.89 bits per heavy atom. The van der Waals surface area contributed by atoms with E-state index in [9.17, 15) is 4.79 Å². The van der Waals surface area contributed by atoms with Crippen LogP contribution in [0.4, 0.5) is 0 Å². The van der Waals surface area contributed by atoms with Crippen LogP contribution in [0.1, 0.15) is 84.0 Å². The molecule has 0 aromatic carbocycles. The lowest BCUT2D eigenvalue weighted by Gasteiger charge is -2.04. The van der Waals surface area contributed by atoms with Crippen molar-refractivity contribution in [2.75, 3.05) is 6.61 Å². The molecule has 2 nitrogen and oxygen atoms in total. The van der Waals surface area contributed by atoms with E-state index >= 15 is 0 Å². The van der Waals surface area contributed by atoms with E-state index < -0.39 is 0 Å². The molecule has 0 aromatic heterocycles. The summed E-state index contributed by atoms with van der Waals surface area (Å²) in [6.07, 6.45) is 14.2. The molecular formula is C16H31O2. The largest absolute Gasteiger partial charge is 0.466 e. The monoisotopic (exact) mass is 255 g/mol. The Kier molecular flexibility index (Phi) is 14.1. The van der Waals surface area contributed by atoms with E-state index in [1.54, 1.807) is 0 Å². The van der Waals surface area contributed by atoms with Gasteiger partial charge in [0.15, 0.2) is 0 Å². The highest BCUT2D eigenvalue weighted by Gasteiger charge is 1.99. The molecule has 18 heavy (non-hydrogen) atoms. The molecule has 0 heterocycles. The normalized spacial score (nSPS) is 10.6. The van der Waals surface area contributed by atoms with Crippen LogP contribution in [-0.2, 0) is 9.53 Å². The van der Waals surface area contributed by atoms with Gasteiger partial charge in [-0.25, -0.2) is 0 Å². The molecule has 0 bridgehead atoms. The predicted octanol–water partition coefficient (Wildman–Crippen LogP) is 5.06. The molecule has 1 radical (unpaired) electrons. The molecular weight excluding hydrogens is 224 g/mol. The average Bonchev–Trinajstić information content (AvgIpc) is 2.36. The molecule has 0 saturated heterocycles. The van der Waals surface area contributed by atoms with E-state index in [2.05, 4.69) is 13.8 Å². The first-order valence-electron chi connectivity index (χ1n) is 7.76. The van der Waals surface area contributed by atoms with Gasteiger partial charge in [-0.3, -0.25) is 4.79 Å². The lowest BCUT2D eigenvalue weighted by molar-refractivity contribution is -0.143. The van der Waals surface area contributed by atoms with Crippen LogP contribution in [0.25, 0.3) is 0 Å². The van der Waals surface area contributed by atoms with Crippen LogP contribution in [0.5, 0.6) is 0 Å². The van der Waals surface area contributed by atoms with Crippen LogP contribution in [0.15, 0.2) is 0 Å². The second-order valence-corrected chi connectivity index (χ2v) is 5.01. The van der Waals surface area contributed by atoms with Gasteiger partial charge in [-0.15, -0.1) is 0 Å². The lowest BCUT2D eigenvalue weighted by atomic mass is 10.1. The van der Waals surface area contributed by atoms with E-state index in [0.717, 1.165) is 6.42 Å². The molecule has 0 aliphatic carbocycles. The molecule has 0 spiro atoms. The summed E-state index contributed by atoms with van der Waals surface area (Å²) in [5, 5.41) is 0. The van der Waals surface area contributed by atoms with Crippen molar-refractivity contribution in [1.29, 1.82) is 0 Å². The Bertz CT molecular complexity index is 178. The molecule has 0 unspecified atom stereocenters. The predicted molar refractivity (Wildman–Crippen MR) is 77.4 cm³/mol. The van der Waals surface area contributed by atoms with Gasteiger partial charge < -0.3 is 4.74 Å². The Balaban J connectivity index is 3.01. The van der Waals surface area contributed by atoms with Gasteiger partial charge in [0.05, 0.1) is 6.61 Å². The third kappa shape index (κ3) is 13.5. The highest BCUT2D eigenvalue weighted by Crippen LogP contribution is 2.10. The van der Waals surface area contributed by atoms with Crippen molar-refractivity contribution in [3.8, 4) is 0 Å². The topological polar surface area (TPSA) is 26.3 Å². The summed E-state index contributed by atoms with van der Waals surface area (Å²) in [7, 11) is 0. The maximum absolute atomic E-state index is 11.0. The molecule has 0 fully saturated rings. The summed E-state index contributed by atoms with van der Waals surface area (Å²) in [6, 6.07) is 0. The maximum atomic E-state index is 11.0. The molecule has 107 valence electrons. The molecule has 0 amide bonds. The molecule has 0 rings (SSSR count). The van der Waals surface area contributed by atoms with Gasteiger partial charge in [-0.05, 0) is 12.8 Å². The van der Waals surface area contributed by atoms with E-state index in [-0.39, 0.29) is 5.97 Å². The Morgan fingerprint density at radius 1 is 0.889 bits per heavy atom. The third-order valence-corrected chi connectivity index (χ3v) is 3.14. The zero-order chi connectivity index (χ0) is 13.5. The van der Waals surface area contributed by atoms with Crippen molar-refractivity contribution < 1.29 is 9.53 Å². The Morgan fingerprint density at radius 2 is 1.39 bits per heavy atom. The van der Waals surface area contributed by atoms with Crippen LogP contribution < -0.4 is 0 Å². The zero-order valence-electron chi connectivity index (χ0n) is 12.2. The number of esters is 1. The second kappa shape index (κ2) is 14.5. The summed E-state index contributed by atoms with van der Waals surface area (Å²) in [5.41, 5.74) is 0. The number of unbranched alkanes of at least 4 members (excludes halogenated alkanes) is 9. The molecule has 2 heteroatoms. The minimum Gasteiger partial charge on any atom is -0.466 e. The summed E-state index contributed by atoms with van der Waals surface area (Å²) >= 11 is 0. The van der Waals surface area contributed by atoms with Gasteiger partial charge in [0.2, 0.25) is 0 Å². The molecule has 0 saturated carbocycles. The quantitative estimate of drug-likeness (QED) is 0.339. The number of ether oxygens (including phenoxy) is 1. The summed E-state index contributed by atoms with van der Waals surface area (Å²) in [6.45, 7) is 6.48. The van der Waals surface area contributed by atoms with Crippen molar-refractivity contribution in [2.45, 2.75) is 84.0 Å². The van der Waals surface area contributed by atoms with Gasteiger partial charge in [0.1, 0.15) is 0 Å². The van der Waals surface area contributed by atoms with Crippen LogP contribution >= 0.6 is 0 Å². The summed E-state index contributed by atoms with van der Waals surface area (Å²) in [4.78, 5) is 11.0. The van der Waals surface area contributed by atoms with E-state index in [1.807, 2.05) is 0 Å². The Hall–Kier alpha value is -0.530. The second-order valence-electron chi connectivity index (χ2n) is 5.01. The van der Waals surface area contributed by atoms with Gasteiger partial charge in [-0.1, -0.05) is 71.6 Å². The van der Waals surface area contributed by atoms with Crippen molar-refractivity contribution in [3.05, 3.63) is 6.92 Å². The summed E-state index contributed by atoms with van der Waals surface area (Å²) < 4.78 is 5.08. The van der Waals surface area contributed by atoms with Gasteiger partial charge in [0.25, 0.3) is 0 Å². The minimum atomic E-state index is -0.0964. The third-order valence-electron chi connectivity index (χ3n) is 3.14. The van der Waals surface area contributed by atoms with Crippen LogP contribution in [0.3, 0.4) is 0 Å². The lowest BCUT2D eigenvalue weighted by Crippen LogP contribution is -2.04. The van der Waals surface area contributed by atoms with Crippen molar-refractivity contribution in [1.82, 2.24) is 0 Å². The first-order chi connectivity index (χ1) is 8.81. The number of carbonyl (C=O) groups is 1. The number of hydrogen-bond acceptors (Lipinski definition) is 2. The maximum Gasteiger partial charge on any atom is 0.305 e. The highest BCUT2D eigenvalue weighted by molar-refractivity contribution is 5.69. The van der Waals surface area contributed by atoms with E-state index in [1.165, 1.54) is 57.8 Å². The first kappa shape index (κ1) is 17.5. The van der Waals surface area contributed by atoms with Crippen LogP contribution in [0.2, 0.25) is 0 Å². The standard InChI is InChI=1S/C16H31O2/c1-3-5-6-7-8-9-10-11-12-13-15-18-16(17)14-4-2/h2-15H2,1H3. The fourth-order valence-corrected chi connectivity index (χ4v) is 1.99. The fourth-order valence-electron chi connectivity index (χ4n) is 1.99. The van der Waals surface area contributed by atoms with Gasteiger partial charge in [0, 0.05) is 6.42 Å². The van der Waals surface area contributed by atoms with Crippen LogP contribution in [-0.4, -0.2) is 12.6 Å². The number of rotatable bonds is 13. The molecule has 0 aromatic rings. The fraction of sp³-hybridized carbons (Fsp3) is 0.875. The van der Waals surface area contributed by atoms with Crippen molar-refractivity contribution >= 4 is 5.97 Å². The van der Waals surface area contributed by atoms with Gasteiger partial charge in [-0.2, -0.15) is 0 Å². The first-order valence-corrected chi connectivity index (χ1v) is 7.76. The minimum absolute atomic E-state index is 0.0964. The zero-order valence-corrected chi connectivity index (χ0v) is 12.2.